The zero-order chi connectivity index (χ0) is 20.3. The van der Waals surface area contributed by atoms with E-state index in [1.54, 1.807) is 42.2 Å². The lowest BCUT2D eigenvalue weighted by Gasteiger charge is -2.33. The van der Waals surface area contributed by atoms with E-state index in [0.29, 0.717) is 18.0 Å². The van der Waals surface area contributed by atoms with Crippen molar-refractivity contribution in [1.29, 1.82) is 0 Å². The quantitative estimate of drug-likeness (QED) is 0.739. The Kier molecular flexibility index (Phi) is 5.96. The van der Waals surface area contributed by atoms with Crippen LogP contribution in [-0.4, -0.2) is 49.7 Å². The number of hydrogen-bond donors (Lipinski definition) is 0. The number of rotatable bonds is 4. The fourth-order valence-corrected chi connectivity index (χ4v) is 4.85. The summed E-state index contributed by atoms with van der Waals surface area (Å²) in [6, 6.07) is 11.1. The van der Waals surface area contributed by atoms with Gasteiger partial charge in [-0.15, -0.1) is 0 Å². The highest BCUT2D eigenvalue weighted by molar-refractivity contribution is 7.89. The van der Waals surface area contributed by atoms with Crippen molar-refractivity contribution in [2.24, 2.45) is 0 Å². The molecule has 0 N–H and O–H groups in total. The van der Waals surface area contributed by atoms with Crippen molar-refractivity contribution in [2.45, 2.75) is 18.7 Å². The second-order valence-corrected chi connectivity index (χ2v) is 8.79. The van der Waals surface area contributed by atoms with Gasteiger partial charge in [-0.2, -0.15) is 4.31 Å². The van der Waals surface area contributed by atoms with Gasteiger partial charge in [0, 0.05) is 32.3 Å². The molecule has 2 aromatic rings. The van der Waals surface area contributed by atoms with E-state index in [2.05, 4.69) is 0 Å². The molecule has 1 amide bonds. The molecule has 1 aliphatic rings. The standard InChI is InChI=1S/C21H23FN2O3S/c1-16-3-9-20(17(2)15-16)28(26,27)24-13-11-23(12-14-24)21(25)10-6-18-4-7-19(22)8-5-18/h3-10,15H,11-14H2,1-2H3/b10-6+. The second kappa shape index (κ2) is 8.24. The van der Waals surface area contributed by atoms with E-state index in [1.807, 2.05) is 13.0 Å². The Labute approximate surface area is 165 Å². The van der Waals surface area contributed by atoms with Gasteiger partial charge in [0.05, 0.1) is 4.90 Å². The summed E-state index contributed by atoms with van der Waals surface area (Å²) in [6.07, 6.45) is 3.06. The van der Waals surface area contributed by atoms with E-state index >= 15 is 0 Å². The first kappa shape index (κ1) is 20.2. The molecule has 0 aliphatic carbocycles. The largest absolute Gasteiger partial charge is 0.337 e. The molecule has 1 fully saturated rings. The van der Waals surface area contributed by atoms with Crippen LogP contribution >= 0.6 is 0 Å². The molecule has 28 heavy (non-hydrogen) atoms. The predicted octanol–water partition coefficient (Wildman–Crippen LogP) is 2.99. The van der Waals surface area contributed by atoms with Crippen LogP contribution in [0.1, 0.15) is 16.7 Å². The summed E-state index contributed by atoms with van der Waals surface area (Å²) >= 11 is 0. The second-order valence-electron chi connectivity index (χ2n) is 6.88. The van der Waals surface area contributed by atoms with Gasteiger partial charge in [-0.1, -0.05) is 29.8 Å². The molecular formula is C21H23FN2O3S. The number of aryl methyl sites for hydroxylation is 2. The number of sulfonamides is 1. The minimum Gasteiger partial charge on any atom is -0.337 e. The number of hydrogen-bond acceptors (Lipinski definition) is 3. The number of nitrogens with zero attached hydrogens (tertiary/aromatic N) is 2. The van der Waals surface area contributed by atoms with E-state index in [-0.39, 0.29) is 24.8 Å². The average Bonchev–Trinajstić information content (AvgIpc) is 2.67. The molecule has 5 nitrogen and oxygen atoms in total. The highest BCUT2D eigenvalue weighted by Gasteiger charge is 2.30. The zero-order valence-electron chi connectivity index (χ0n) is 15.9. The van der Waals surface area contributed by atoms with E-state index in [9.17, 15) is 17.6 Å². The summed E-state index contributed by atoms with van der Waals surface area (Å²) in [4.78, 5) is 14.3. The lowest BCUT2D eigenvalue weighted by atomic mass is 10.2. The Bertz CT molecular complexity index is 993. The van der Waals surface area contributed by atoms with Crippen LogP contribution in [0.2, 0.25) is 0 Å². The molecule has 0 bridgehead atoms. The third kappa shape index (κ3) is 4.48. The van der Waals surface area contributed by atoms with E-state index in [0.717, 1.165) is 16.7 Å². The lowest BCUT2D eigenvalue weighted by molar-refractivity contribution is -0.127. The Hall–Kier alpha value is -2.51. The molecular weight excluding hydrogens is 379 g/mol. The Balaban J connectivity index is 1.63. The monoisotopic (exact) mass is 402 g/mol. The molecule has 1 saturated heterocycles. The van der Waals surface area contributed by atoms with Crippen molar-refractivity contribution >= 4 is 22.0 Å². The maximum atomic E-state index is 12.9. The van der Waals surface area contributed by atoms with Crippen molar-refractivity contribution in [1.82, 2.24) is 9.21 Å². The fraction of sp³-hybridized carbons (Fsp3) is 0.286. The van der Waals surface area contributed by atoms with Crippen LogP contribution in [0.3, 0.4) is 0 Å². The van der Waals surface area contributed by atoms with Gasteiger partial charge in [0.15, 0.2) is 0 Å². The van der Waals surface area contributed by atoms with Crippen LogP contribution in [0.4, 0.5) is 4.39 Å². The molecule has 0 unspecified atom stereocenters. The first-order chi connectivity index (χ1) is 13.3. The first-order valence-electron chi connectivity index (χ1n) is 9.07. The maximum Gasteiger partial charge on any atom is 0.246 e. The van der Waals surface area contributed by atoms with Crippen LogP contribution < -0.4 is 0 Å². The fourth-order valence-electron chi connectivity index (χ4n) is 3.22. The van der Waals surface area contributed by atoms with Crippen LogP contribution in [-0.2, 0) is 14.8 Å². The molecule has 0 atom stereocenters. The SMILES string of the molecule is Cc1ccc(S(=O)(=O)N2CCN(C(=O)/C=C/c3ccc(F)cc3)CC2)c(C)c1. The molecule has 148 valence electrons. The van der Waals surface area contributed by atoms with Crippen molar-refractivity contribution in [3.8, 4) is 0 Å². The molecule has 2 aromatic carbocycles. The van der Waals surface area contributed by atoms with Gasteiger partial charge in [0.2, 0.25) is 15.9 Å². The lowest BCUT2D eigenvalue weighted by Crippen LogP contribution is -2.50. The number of amides is 1. The molecule has 1 aliphatic heterocycles. The van der Waals surface area contributed by atoms with Gasteiger partial charge in [0.1, 0.15) is 5.82 Å². The van der Waals surface area contributed by atoms with Gasteiger partial charge in [-0.05, 0) is 49.2 Å². The van der Waals surface area contributed by atoms with Gasteiger partial charge in [-0.3, -0.25) is 4.79 Å². The molecule has 3 rings (SSSR count). The Morgan fingerprint density at radius 1 is 1.00 bits per heavy atom. The minimum absolute atomic E-state index is 0.187. The topological polar surface area (TPSA) is 57.7 Å². The van der Waals surface area contributed by atoms with Gasteiger partial charge >= 0.3 is 0 Å². The van der Waals surface area contributed by atoms with E-state index in [4.69, 9.17) is 0 Å². The van der Waals surface area contributed by atoms with Crippen LogP contribution in [0, 0.1) is 19.7 Å². The number of benzene rings is 2. The maximum absolute atomic E-state index is 12.9. The van der Waals surface area contributed by atoms with E-state index < -0.39 is 10.0 Å². The summed E-state index contributed by atoms with van der Waals surface area (Å²) in [5, 5.41) is 0. The van der Waals surface area contributed by atoms with Crippen molar-refractivity contribution in [3.63, 3.8) is 0 Å². The number of piperazine rings is 1. The smallest absolute Gasteiger partial charge is 0.246 e. The number of carbonyl (C=O) groups is 1. The van der Waals surface area contributed by atoms with Crippen molar-refractivity contribution in [3.05, 3.63) is 71.0 Å². The first-order valence-corrected chi connectivity index (χ1v) is 10.5. The summed E-state index contributed by atoms with van der Waals surface area (Å²) < 4.78 is 40.2. The third-order valence-corrected chi connectivity index (χ3v) is 6.85. The summed E-state index contributed by atoms with van der Waals surface area (Å²) in [7, 11) is -3.58. The highest BCUT2D eigenvalue weighted by atomic mass is 32.2. The Morgan fingerprint density at radius 3 is 2.25 bits per heavy atom. The van der Waals surface area contributed by atoms with Crippen LogP contribution in [0.25, 0.3) is 6.08 Å². The van der Waals surface area contributed by atoms with Crippen LogP contribution in [0.15, 0.2) is 53.4 Å². The third-order valence-electron chi connectivity index (χ3n) is 4.79. The van der Waals surface area contributed by atoms with Gasteiger partial charge in [0.25, 0.3) is 0 Å². The predicted molar refractivity (Wildman–Crippen MR) is 107 cm³/mol. The molecule has 1 heterocycles. The molecule has 7 heteroatoms. The molecule has 0 aromatic heterocycles. The number of carbonyl (C=O) groups excluding carboxylic acids is 1. The summed E-state index contributed by atoms with van der Waals surface area (Å²) in [6.45, 7) is 4.89. The molecule has 0 radical (unpaired) electrons. The van der Waals surface area contributed by atoms with Crippen molar-refractivity contribution in [2.75, 3.05) is 26.2 Å². The summed E-state index contributed by atoms with van der Waals surface area (Å²) in [5.74, 6) is -0.516. The summed E-state index contributed by atoms with van der Waals surface area (Å²) in [5.41, 5.74) is 2.46. The van der Waals surface area contributed by atoms with E-state index in [1.165, 1.54) is 22.5 Å². The van der Waals surface area contributed by atoms with Gasteiger partial charge < -0.3 is 4.90 Å². The van der Waals surface area contributed by atoms with Crippen LogP contribution in [0.5, 0.6) is 0 Å². The zero-order valence-corrected chi connectivity index (χ0v) is 16.7. The average molecular weight is 402 g/mol. The van der Waals surface area contributed by atoms with Crippen molar-refractivity contribution < 1.29 is 17.6 Å². The van der Waals surface area contributed by atoms with Gasteiger partial charge in [-0.25, -0.2) is 12.8 Å². The minimum atomic E-state index is -3.58. The molecule has 0 spiro atoms. The number of halogens is 1. The highest BCUT2D eigenvalue weighted by Crippen LogP contribution is 2.22. The normalized spacial score (nSPS) is 15.9. The Morgan fingerprint density at radius 2 is 1.64 bits per heavy atom. The molecule has 0 saturated carbocycles.